The second-order valence-corrected chi connectivity index (χ2v) is 5.93. The lowest BCUT2D eigenvalue weighted by molar-refractivity contribution is 0.537. The van der Waals surface area contributed by atoms with Crippen molar-refractivity contribution in [3.05, 3.63) is 23.9 Å². The Bertz CT molecular complexity index is 370. The average molecular weight is 261 g/mol. The molecule has 106 valence electrons. The van der Waals surface area contributed by atoms with Crippen LogP contribution in [0.25, 0.3) is 0 Å². The molecule has 3 nitrogen and oxygen atoms in total. The van der Waals surface area contributed by atoms with Crippen LogP contribution in [0.1, 0.15) is 45.1 Å². The summed E-state index contributed by atoms with van der Waals surface area (Å²) in [4.78, 5) is 6.94. The van der Waals surface area contributed by atoms with Gasteiger partial charge in [-0.1, -0.05) is 13.8 Å². The topological polar surface area (TPSA) is 28.2 Å². The molecule has 0 unspecified atom stereocenters. The lowest BCUT2D eigenvalue weighted by Crippen LogP contribution is -2.30. The van der Waals surface area contributed by atoms with Gasteiger partial charge in [0.05, 0.1) is 0 Å². The van der Waals surface area contributed by atoms with E-state index in [1.807, 2.05) is 6.20 Å². The normalized spacial score (nSPS) is 16.1. The molecule has 0 atom stereocenters. The first-order valence-corrected chi connectivity index (χ1v) is 7.66. The van der Waals surface area contributed by atoms with E-state index < -0.39 is 0 Å². The van der Waals surface area contributed by atoms with Crippen molar-refractivity contribution in [2.24, 2.45) is 5.92 Å². The van der Waals surface area contributed by atoms with Crippen LogP contribution in [0.4, 0.5) is 5.82 Å². The fourth-order valence-corrected chi connectivity index (χ4v) is 2.49. The van der Waals surface area contributed by atoms with Gasteiger partial charge in [-0.15, -0.1) is 0 Å². The Morgan fingerprint density at radius 2 is 2.05 bits per heavy atom. The molecule has 0 spiro atoms. The highest BCUT2D eigenvalue weighted by Crippen LogP contribution is 2.18. The largest absolute Gasteiger partial charge is 0.357 e. The SMILES string of the molecule is CC(C)CCNCc1ccnc(N2CCCCC2)c1. The highest BCUT2D eigenvalue weighted by Gasteiger charge is 2.11. The van der Waals surface area contributed by atoms with Crippen LogP contribution in [0.2, 0.25) is 0 Å². The zero-order valence-corrected chi connectivity index (χ0v) is 12.4. The maximum atomic E-state index is 4.52. The van der Waals surface area contributed by atoms with Crippen molar-refractivity contribution in [3.63, 3.8) is 0 Å². The Morgan fingerprint density at radius 3 is 2.79 bits per heavy atom. The van der Waals surface area contributed by atoms with E-state index in [-0.39, 0.29) is 0 Å². The number of piperidine rings is 1. The Labute approximate surface area is 117 Å². The van der Waals surface area contributed by atoms with Crippen molar-refractivity contribution in [1.82, 2.24) is 10.3 Å². The molecular weight excluding hydrogens is 234 g/mol. The highest BCUT2D eigenvalue weighted by molar-refractivity contribution is 5.41. The molecule has 19 heavy (non-hydrogen) atoms. The molecule has 0 amide bonds. The van der Waals surface area contributed by atoms with E-state index >= 15 is 0 Å². The summed E-state index contributed by atoms with van der Waals surface area (Å²) in [6.07, 6.45) is 7.16. The van der Waals surface area contributed by atoms with E-state index in [4.69, 9.17) is 0 Å². The molecule has 1 fully saturated rings. The maximum absolute atomic E-state index is 4.52. The number of rotatable bonds is 6. The van der Waals surface area contributed by atoms with Crippen LogP contribution in [0.3, 0.4) is 0 Å². The van der Waals surface area contributed by atoms with Gasteiger partial charge < -0.3 is 10.2 Å². The summed E-state index contributed by atoms with van der Waals surface area (Å²) in [6.45, 7) is 8.91. The third-order valence-corrected chi connectivity index (χ3v) is 3.72. The van der Waals surface area contributed by atoms with Crippen LogP contribution in [-0.4, -0.2) is 24.6 Å². The predicted molar refractivity (Wildman–Crippen MR) is 81.5 cm³/mol. The number of nitrogens with zero attached hydrogens (tertiary/aromatic N) is 2. The second kappa shape index (κ2) is 7.49. The van der Waals surface area contributed by atoms with Crippen molar-refractivity contribution in [1.29, 1.82) is 0 Å². The fourth-order valence-electron chi connectivity index (χ4n) is 2.49. The van der Waals surface area contributed by atoms with Crippen LogP contribution in [0.5, 0.6) is 0 Å². The number of pyridine rings is 1. The molecule has 1 aliphatic rings. The van der Waals surface area contributed by atoms with Gasteiger partial charge in [0, 0.05) is 25.8 Å². The van der Waals surface area contributed by atoms with Crippen LogP contribution >= 0.6 is 0 Å². The molecule has 0 aromatic carbocycles. The van der Waals surface area contributed by atoms with Gasteiger partial charge in [-0.05, 0) is 55.8 Å². The summed E-state index contributed by atoms with van der Waals surface area (Å²) in [5, 5.41) is 3.52. The van der Waals surface area contributed by atoms with Crippen molar-refractivity contribution in [2.75, 3.05) is 24.5 Å². The van der Waals surface area contributed by atoms with Crippen molar-refractivity contribution >= 4 is 5.82 Å². The van der Waals surface area contributed by atoms with E-state index in [1.54, 1.807) is 0 Å². The molecule has 1 aromatic heterocycles. The number of hydrogen-bond acceptors (Lipinski definition) is 3. The lowest BCUT2D eigenvalue weighted by Gasteiger charge is -2.27. The Morgan fingerprint density at radius 1 is 1.26 bits per heavy atom. The van der Waals surface area contributed by atoms with Crippen molar-refractivity contribution < 1.29 is 0 Å². The Kier molecular flexibility index (Phi) is 5.64. The van der Waals surface area contributed by atoms with E-state index in [1.165, 1.54) is 31.2 Å². The molecule has 1 aromatic rings. The summed E-state index contributed by atoms with van der Waals surface area (Å²) in [5.41, 5.74) is 1.35. The smallest absolute Gasteiger partial charge is 0.128 e. The van der Waals surface area contributed by atoms with Gasteiger partial charge in [-0.25, -0.2) is 4.98 Å². The van der Waals surface area contributed by atoms with Gasteiger partial charge in [-0.2, -0.15) is 0 Å². The monoisotopic (exact) mass is 261 g/mol. The quantitative estimate of drug-likeness (QED) is 0.797. The zero-order valence-electron chi connectivity index (χ0n) is 12.4. The van der Waals surface area contributed by atoms with Gasteiger partial charge in [0.2, 0.25) is 0 Å². The maximum Gasteiger partial charge on any atom is 0.128 e. The molecule has 1 saturated heterocycles. The van der Waals surface area contributed by atoms with Crippen LogP contribution < -0.4 is 10.2 Å². The minimum atomic E-state index is 0.772. The molecule has 3 heteroatoms. The van der Waals surface area contributed by atoms with Gasteiger partial charge in [0.15, 0.2) is 0 Å². The minimum absolute atomic E-state index is 0.772. The third kappa shape index (κ3) is 4.83. The molecule has 0 radical (unpaired) electrons. The number of hydrogen-bond donors (Lipinski definition) is 1. The van der Waals surface area contributed by atoms with E-state index in [0.29, 0.717) is 0 Å². The predicted octanol–water partition coefficient (Wildman–Crippen LogP) is 3.21. The molecule has 2 rings (SSSR count). The third-order valence-electron chi connectivity index (χ3n) is 3.72. The number of aromatic nitrogens is 1. The molecule has 2 heterocycles. The first kappa shape index (κ1) is 14.3. The standard InChI is InChI=1S/C16H27N3/c1-14(2)6-8-17-13-15-7-9-18-16(12-15)19-10-4-3-5-11-19/h7,9,12,14,17H,3-6,8,10-11,13H2,1-2H3. The molecule has 0 aliphatic carbocycles. The minimum Gasteiger partial charge on any atom is -0.357 e. The fraction of sp³-hybridized carbons (Fsp3) is 0.688. The van der Waals surface area contributed by atoms with Crippen LogP contribution in [0, 0.1) is 5.92 Å². The first-order chi connectivity index (χ1) is 9.25. The molecule has 0 bridgehead atoms. The van der Waals surface area contributed by atoms with E-state index in [2.05, 4.69) is 41.2 Å². The van der Waals surface area contributed by atoms with Crippen LogP contribution in [0.15, 0.2) is 18.3 Å². The number of anilines is 1. The lowest BCUT2D eigenvalue weighted by atomic mass is 10.1. The van der Waals surface area contributed by atoms with Gasteiger partial charge >= 0.3 is 0 Å². The molecule has 0 saturated carbocycles. The average Bonchev–Trinajstić information content (AvgIpc) is 2.45. The molecule has 1 N–H and O–H groups in total. The molecule has 1 aliphatic heterocycles. The summed E-state index contributed by atoms with van der Waals surface area (Å²) >= 11 is 0. The highest BCUT2D eigenvalue weighted by atomic mass is 15.2. The summed E-state index contributed by atoms with van der Waals surface area (Å²) in [6, 6.07) is 4.36. The van der Waals surface area contributed by atoms with Gasteiger partial charge in [0.25, 0.3) is 0 Å². The van der Waals surface area contributed by atoms with Crippen LogP contribution in [-0.2, 0) is 6.54 Å². The first-order valence-electron chi connectivity index (χ1n) is 7.66. The van der Waals surface area contributed by atoms with Crippen molar-refractivity contribution in [2.45, 2.75) is 46.1 Å². The summed E-state index contributed by atoms with van der Waals surface area (Å²) < 4.78 is 0. The Hall–Kier alpha value is -1.09. The van der Waals surface area contributed by atoms with Crippen molar-refractivity contribution in [3.8, 4) is 0 Å². The summed E-state index contributed by atoms with van der Waals surface area (Å²) in [7, 11) is 0. The summed E-state index contributed by atoms with van der Waals surface area (Å²) in [5.74, 6) is 1.93. The number of nitrogens with one attached hydrogen (secondary N) is 1. The Balaban J connectivity index is 1.84. The van der Waals surface area contributed by atoms with E-state index in [9.17, 15) is 0 Å². The van der Waals surface area contributed by atoms with E-state index in [0.717, 1.165) is 37.9 Å². The van der Waals surface area contributed by atoms with Gasteiger partial charge in [-0.3, -0.25) is 0 Å². The van der Waals surface area contributed by atoms with Gasteiger partial charge in [0.1, 0.15) is 5.82 Å². The second-order valence-electron chi connectivity index (χ2n) is 5.93. The zero-order chi connectivity index (χ0) is 13.5. The molecular formula is C16H27N3.